The van der Waals surface area contributed by atoms with Gasteiger partial charge in [0.1, 0.15) is 6.04 Å². The first-order valence-electron chi connectivity index (χ1n) is 5.44. The Morgan fingerprint density at radius 3 is 2.95 bits per heavy atom. The Morgan fingerprint density at radius 1 is 1.58 bits per heavy atom. The summed E-state index contributed by atoms with van der Waals surface area (Å²) in [5.74, 6) is -1.10. The first-order chi connectivity index (χ1) is 8.97. The van der Waals surface area contributed by atoms with Crippen LogP contribution in [0.4, 0.5) is 10.8 Å². The van der Waals surface area contributed by atoms with Gasteiger partial charge in [0.2, 0.25) is 0 Å². The Hall–Kier alpha value is -1.63. The third kappa shape index (κ3) is 3.23. The maximum Gasteiger partial charge on any atom is 0.326 e. The largest absolute Gasteiger partial charge is 0.480 e. The first-order valence-corrected chi connectivity index (χ1v) is 6.70. The van der Waals surface area contributed by atoms with Gasteiger partial charge in [-0.1, -0.05) is 17.7 Å². The summed E-state index contributed by atoms with van der Waals surface area (Å²) in [6.07, 6.45) is 0. The van der Waals surface area contributed by atoms with E-state index in [1.54, 1.807) is 11.4 Å². The van der Waals surface area contributed by atoms with Crippen molar-refractivity contribution in [2.75, 3.05) is 5.32 Å². The highest BCUT2D eigenvalue weighted by Crippen LogP contribution is 2.26. The third-order valence-corrected chi connectivity index (χ3v) is 3.71. The Balaban J connectivity index is 2.15. The highest BCUT2D eigenvalue weighted by molar-refractivity contribution is 7.13. The standard InChI is InChI=1S/C12H12ClN3O2S/c1-6-2-3-7(4-8(6)13)15-12-16-9(5-19-12)10(14)11(17)18/h2-5,10H,14H2,1H3,(H,15,16)(H,17,18). The lowest BCUT2D eigenvalue weighted by atomic mass is 10.2. The minimum Gasteiger partial charge on any atom is -0.480 e. The zero-order valence-electron chi connectivity index (χ0n) is 10.1. The number of aromatic nitrogens is 1. The molecule has 4 N–H and O–H groups in total. The van der Waals surface area contributed by atoms with Gasteiger partial charge in [-0.3, -0.25) is 4.79 Å². The molecule has 0 fully saturated rings. The number of carboxylic acids is 1. The number of thiazole rings is 1. The van der Waals surface area contributed by atoms with E-state index in [-0.39, 0.29) is 0 Å². The monoisotopic (exact) mass is 297 g/mol. The fraction of sp³-hybridized carbons (Fsp3) is 0.167. The maximum atomic E-state index is 10.8. The number of nitrogens with one attached hydrogen (secondary N) is 1. The number of nitrogens with two attached hydrogens (primary N) is 1. The van der Waals surface area contributed by atoms with Gasteiger partial charge in [-0.05, 0) is 24.6 Å². The predicted molar refractivity (Wildman–Crippen MR) is 76.1 cm³/mol. The number of rotatable bonds is 4. The van der Waals surface area contributed by atoms with E-state index in [0.29, 0.717) is 15.8 Å². The Morgan fingerprint density at radius 2 is 2.32 bits per heavy atom. The SMILES string of the molecule is Cc1ccc(Nc2nc(C(N)C(=O)O)cs2)cc1Cl. The minimum atomic E-state index is -1.10. The van der Waals surface area contributed by atoms with E-state index in [4.69, 9.17) is 22.4 Å². The van der Waals surface area contributed by atoms with Crippen molar-refractivity contribution in [1.82, 2.24) is 4.98 Å². The third-order valence-electron chi connectivity index (χ3n) is 2.53. The minimum absolute atomic E-state index is 0.332. The molecule has 2 rings (SSSR count). The zero-order chi connectivity index (χ0) is 14.0. The summed E-state index contributed by atoms with van der Waals surface area (Å²) in [5.41, 5.74) is 7.59. The van der Waals surface area contributed by atoms with Crippen molar-refractivity contribution in [3.8, 4) is 0 Å². The van der Waals surface area contributed by atoms with Crippen LogP contribution in [0.15, 0.2) is 23.6 Å². The summed E-state index contributed by atoms with van der Waals surface area (Å²) in [4.78, 5) is 14.9. The second-order valence-corrected chi connectivity index (χ2v) is 5.25. The molecule has 0 saturated carbocycles. The number of carbonyl (C=O) groups is 1. The van der Waals surface area contributed by atoms with E-state index in [0.717, 1.165) is 11.3 Å². The molecule has 0 aliphatic rings. The Bertz CT molecular complexity index is 615. The molecule has 2 aromatic rings. The summed E-state index contributed by atoms with van der Waals surface area (Å²) in [6.45, 7) is 1.92. The summed E-state index contributed by atoms with van der Waals surface area (Å²) in [5, 5.41) is 14.7. The van der Waals surface area contributed by atoms with Crippen molar-refractivity contribution in [2.24, 2.45) is 5.73 Å². The number of anilines is 2. The van der Waals surface area contributed by atoms with Crippen LogP contribution >= 0.6 is 22.9 Å². The van der Waals surface area contributed by atoms with E-state index < -0.39 is 12.0 Å². The quantitative estimate of drug-likeness (QED) is 0.807. The molecule has 0 radical (unpaired) electrons. The van der Waals surface area contributed by atoms with Crippen molar-refractivity contribution in [3.63, 3.8) is 0 Å². The molecule has 7 heteroatoms. The molecule has 0 bridgehead atoms. The normalized spacial score (nSPS) is 12.2. The van der Waals surface area contributed by atoms with Gasteiger partial charge in [0.15, 0.2) is 5.13 Å². The molecule has 0 aliphatic carbocycles. The second-order valence-electron chi connectivity index (χ2n) is 3.98. The van der Waals surface area contributed by atoms with E-state index in [2.05, 4.69) is 10.3 Å². The molecule has 0 spiro atoms. The number of halogens is 1. The molecular formula is C12H12ClN3O2S. The summed E-state index contributed by atoms with van der Waals surface area (Å²) in [6, 6.07) is 4.45. The van der Waals surface area contributed by atoms with E-state index in [1.165, 1.54) is 11.3 Å². The van der Waals surface area contributed by atoms with Gasteiger partial charge in [-0.2, -0.15) is 0 Å². The highest BCUT2D eigenvalue weighted by Gasteiger charge is 2.17. The molecule has 5 nitrogen and oxygen atoms in total. The van der Waals surface area contributed by atoms with Crippen LogP contribution in [0.1, 0.15) is 17.3 Å². The molecule has 100 valence electrons. The molecule has 1 atom stereocenters. The molecule has 1 aromatic heterocycles. The molecular weight excluding hydrogens is 286 g/mol. The molecule has 1 heterocycles. The van der Waals surface area contributed by atoms with Crippen LogP contribution in [-0.4, -0.2) is 16.1 Å². The smallest absolute Gasteiger partial charge is 0.326 e. The van der Waals surface area contributed by atoms with Gasteiger partial charge in [-0.25, -0.2) is 4.98 Å². The van der Waals surface area contributed by atoms with E-state index >= 15 is 0 Å². The van der Waals surface area contributed by atoms with Crippen LogP contribution in [0.2, 0.25) is 5.02 Å². The van der Waals surface area contributed by atoms with Crippen molar-refractivity contribution >= 4 is 39.7 Å². The first kappa shape index (κ1) is 13.8. The van der Waals surface area contributed by atoms with Gasteiger partial charge in [0.05, 0.1) is 5.69 Å². The maximum absolute atomic E-state index is 10.8. The summed E-state index contributed by atoms with van der Waals surface area (Å²) >= 11 is 7.31. The van der Waals surface area contributed by atoms with E-state index in [1.807, 2.05) is 19.1 Å². The lowest BCUT2D eigenvalue weighted by Crippen LogP contribution is -2.20. The zero-order valence-corrected chi connectivity index (χ0v) is 11.6. The van der Waals surface area contributed by atoms with Crippen LogP contribution in [0, 0.1) is 6.92 Å². The van der Waals surface area contributed by atoms with Gasteiger partial charge in [-0.15, -0.1) is 11.3 Å². The topological polar surface area (TPSA) is 88.2 Å². The fourth-order valence-corrected chi connectivity index (χ4v) is 2.35. The number of aryl methyl sites for hydroxylation is 1. The van der Waals surface area contributed by atoms with Crippen molar-refractivity contribution in [2.45, 2.75) is 13.0 Å². The van der Waals surface area contributed by atoms with Crippen molar-refractivity contribution in [1.29, 1.82) is 0 Å². The molecule has 19 heavy (non-hydrogen) atoms. The van der Waals surface area contributed by atoms with Gasteiger partial charge in [0, 0.05) is 16.1 Å². The Kier molecular flexibility index (Phi) is 4.04. The van der Waals surface area contributed by atoms with Crippen LogP contribution < -0.4 is 11.1 Å². The predicted octanol–water partition coefficient (Wildman–Crippen LogP) is 2.93. The molecule has 1 unspecified atom stereocenters. The number of hydrogen-bond acceptors (Lipinski definition) is 5. The highest BCUT2D eigenvalue weighted by atomic mass is 35.5. The van der Waals surface area contributed by atoms with E-state index in [9.17, 15) is 4.79 Å². The lowest BCUT2D eigenvalue weighted by Gasteiger charge is -2.05. The Labute approximate surface area is 119 Å². The summed E-state index contributed by atoms with van der Waals surface area (Å²) < 4.78 is 0. The molecule has 0 aliphatic heterocycles. The number of aliphatic carboxylic acids is 1. The molecule has 1 aromatic carbocycles. The average molecular weight is 298 g/mol. The van der Waals surface area contributed by atoms with Gasteiger partial charge < -0.3 is 16.2 Å². The fourth-order valence-electron chi connectivity index (χ4n) is 1.41. The van der Waals surface area contributed by atoms with Crippen LogP contribution in [0.25, 0.3) is 0 Å². The lowest BCUT2D eigenvalue weighted by molar-refractivity contribution is -0.138. The average Bonchev–Trinajstić information content (AvgIpc) is 2.81. The summed E-state index contributed by atoms with van der Waals surface area (Å²) in [7, 11) is 0. The molecule has 0 amide bonds. The number of hydrogen-bond donors (Lipinski definition) is 3. The second kappa shape index (κ2) is 5.56. The number of benzene rings is 1. The molecule has 0 saturated heterocycles. The van der Waals surface area contributed by atoms with Crippen LogP contribution in [-0.2, 0) is 4.79 Å². The van der Waals surface area contributed by atoms with Crippen LogP contribution in [0.5, 0.6) is 0 Å². The number of carboxylic acid groups (broad SMARTS) is 1. The van der Waals surface area contributed by atoms with Crippen molar-refractivity contribution in [3.05, 3.63) is 39.9 Å². The van der Waals surface area contributed by atoms with Gasteiger partial charge in [0.25, 0.3) is 0 Å². The van der Waals surface area contributed by atoms with Crippen molar-refractivity contribution < 1.29 is 9.90 Å². The van der Waals surface area contributed by atoms with Gasteiger partial charge >= 0.3 is 5.97 Å². The number of nitrogens with zero attached hydrogens (tertiary/aromatic N) is 1. The van der Waals surface area contributed by atoms with Crippen LogP contribution in [0.3, 0.4) is 0 Å².